The molecule has 1 rings (SSSR count). The molecule has 0 radical (unpaired) electrons. The molecule has 0 saturated carbocycles. The van der Waals surface area contributed by atoms with E-state index in [1.165, 1.54) is 0 Å². The Bertz CT molecular complexity index is 458. The molecule has 0 amide bonds. The van der Waals surface area contributed by atoms with Gasteiger partial charge in [-0.15, -0.1) is 0 Å². The number of halogens is 1. The molecule has 1 aromatic rings. The fourth-order valence-electron chi connectivity index (χ4n) is 2.47. The molecule has 0 aliphatic heterocycles. The number of anilines is 1. The molecule has 4 nitrogen and oxygen atoms in total. The molecule has 0 aliphatic carbocycles. The maximum Gasteiger partial charge on any atom is 0.124 e. The second-order valence-corrected chi connectivity index (χ2v) is 5.95. The maximum atomic E-state index is 7.77. The van der Waals surface area contributed by atoms with Crippen molar-refractivity contribution in [2.75, 3.05) is 37.6 Å². The number of nitrogens with two attached hydrogens (primary N) is 1. The molecular formula is C16H27BrN4. The van der Waals surface area contributed by atoms with E-state index in [9.17, 15) is 0 Å². The van der Waals surface area contributed by atoms with Crippen molar-refractivity contribution in [2.24, 2.45) is 5.73 Å². The SMILES string of the molecule is CCN(CC)CCCN(CC)c1ccc(Br)cc1C(=N)N. The van der Waals surface area contributed by atoms with Gasteiger partial charge < -0.3 is 15.5 Å². The van der Waals surface area contributed by atoms with E-state index in [2.05, 4.69) is 46.5 Å². The number of hydrogen-bond acceptors (Lipinski definition) is 3. The van der Waals surface area contributed by atoms with E-state index in [1.807, 2.05) is 18.2 Å². The summed E-state index contributed by atoms with van der Waals surface area (Å²) >= 11 is 3.45. The molecule has 118 valence electrons. The smallest absolute Gasteiger partial charge is 0.124 e. The standard InChI is InChI=1S/C16H27BrN4/c1-4-20(5-2)10-7-11-21(6-3)15-9-8-13(17)12-14(15)16(18)19/h8-9,12H,4-7,10-11H2,1-3H3,(H3,18,19). The van der Waals surface area contributed by atoms with Crippen LogP contribution < -0.4 is 10.6 Å². The molecule has 1 aromatic carbocycles. The Morgan fingerprint density at radius 1 is 1.14 bits per heavy atom. The van der Waals surface area contributed by atoms with Crippen molar-refractivity contribution in [1.29, 1.82) is 5.41 Å². The van der Waals surface area contributed by atoms with Gasteiger partial charge in [0.2, 0.25) is 0 Å². The van der Waals surface area contributed by atoms with Crippen LogP contribution in [0.2, 0.25) is 0 Å². The first-order chi connectivity index (χ1) is 10.0. The molecule has 21 heavy (non-hydrogen) atoms. The van der Waals surface area contributed by atoms with Crippen molar-refractivity contribution >= 4 is 27.5 Å². The third-order valence-electron chi connectivity index (χ3n) is 3.77. The summed E-state index contributed by atoms with van der Waals surface area (Å²) in [6.45, 7) is 11.7. The minimum atomic E-state index is 0.119. The molecule has 0 fully saturated rings. The van der Waals surface area contributed by atoms with Crippen LogP contribution in [0.25, 0.3) is 0 Å². The van der Waals surface area contributed by atoms with Crippen molar-refractivity contribution in [1.82, 2.24) is 4.90 Å². The molecule has 0 atom stereocenters. The highest BCUT2D eigenvalue weighted by Crippen LogP contribution is 2.24. The quantitative estimate of drug-likeness (QED) is 0.528. The number of hydrogen-bond donors (Lipinski definition) is 2. The minimum Gasteiger partial charge on any atom is -0.384 e. The number of amidine groups is 1. The van der Waals surface area contributed by atoms with Crippen molar-refractivity contribution in [3.8, 4) is 0 Å². The third kappa shape index (κ3) is 5.32. The topological polar surface area (TPSA) is 56.4 Å². The van der Waals surface area contributed by atoms with Crippen LogP contribution in [0, 0.1) is 5.41 Å². The molecule has 5 heteroatoms. The van der Waals surface area contributed by atoms with Crippen molar-refractivity contribution in [2.45, 2.75) is 27.2 Å². The fraction of sp³-hybridized carbons (Fsp3) is 0.562. The monoisotopic (exact) mass is 354 g/mol. The maximum absolute atomic E-state index is 7.77. The highest BCUT2D eigenvalue weighted by Gasteiger charge is 2.12. The van der Waals surface area contributed by atoms with Gasteiger partial charge in [-0.05, 0) is 51.2 Å². The van der Waals surface area contributed by atoms with E-state index in [4.69, 9.17) is 11.1 Å². The second kappa shape index (κ2) is 9.05. The molecular weight excluding hydrogens is 328 g/mol. The summed E-state index contributed by atoms with van der Waals surface area (Å²) in [4.78, 5) is 4.73. The lowest BCUT2D eigenvalue weighted by Gasteiger charge is -2.27. The summed E-state index contributed by atoms with van der Waals surface area (Å²) in [6, 6.07) is 5.97. The molecule has 0 unspecified atom stereocenters. The van der Waals surface area contributed by atoms with Gasteiger partial charge in [-0.2, -0.15) is 0 Å². The first kappa shape index (κ1) is 18.0. The number of benzene rings is 1. The van der Waals surface area contributed by atoms with Gasteiger partial charge in [-0.3, -0.25) is 5.41 Å². The zero-order valence-corrected chi connectivity index (χ0v) is 14.9. The average Bonchev–Trinajstić information content (AvgIpc) is 2.48. The van der Waals surface area contributed by atoms with Crippen LogP contribution in [-0.2, 0) is 0 Å². The molecule has 0 bridgehead atoms. The lowest BCUT2D eigenvalue weighted by atomic mass is 10.1. The number of nitrogens with zero attached hydrogens (tertiary/aromatic N) is 2. The average molecular weight is 355 g/mol. The van der Waals surface area contributed by atoms with Crippen LogP contribution in [0.1, 0.15) is 32.8 Å². The van der Waals surface area contributed by atoms with Crippen LogP contribution in [0.3, 0.4) is 0 Å². The third-order valence-corrected chi connectivity index (χ3v) is 4.26. The van der Waals surface area contributed by atoms with Gasteiger partial charge >= 0.3 is 0 Å². The molecule has 0 heterocycles. The van der Waals surface area contributed by atoms with Crippen LogP contribution >= 0.6 is 15.9 Å². The lowest BCUT2D eigenvalue weighted by molar-refractivity contribution is 0.301. The fourth-order valence-corrected chi connectivity index (χ4v) is 2.83. The largest absolute Gasteiger partial charge is 0.384 e. The predicted molar refractivity (Wildman–Crippen MR) is 95.5 cm³/mol. The van der Waals surface area contributed by atoms with Gasteiger partial charge in [0.15, 0.2) is 0 Å². The first-order valence-electron chi connectivity index (χ1n) is 7.64. The van der Waals surface area contributed by atoms with Crippen LogP contribution in [-0.4, -0.2) is 43.5 Å². The van der Waals surface area contributed by atoms with Gasteiger partial charge in [0.25, 0.3) is 0 Å². The zero-order valence-electron chi connectivity index (χ0n) is 13.3. The summed E-state index contributed by atoms with van der Waals surface area (Å²) in [7, 11) is 0. The molecule has 0 saturated heterocycles. The highest BCUT2D eigenvalue weighted by molar-refractivity contribution is 9.10. The van der Waals surface area contributed by atoms with Gasteiger partial charge in [0.05, 0.1) is 0 Å². The summed E-state index contributed by atoms with van der Waals surface area (Å²) in [5.74, 6) is 0.119. The Labute approximate surface area is 136 Å². The second-order valence-electron chi connectivity index (χ2n) is 5.04. The Kier molecular flexibility index (Phi) is 7.75. The normalized spacial score (nSPS) is 10.9. The zero-order chi connectivity index (χ0) is 15.8. The van der Waals surface area contributed by atoms with E-state index in [1.54, 1.807) is 0 Å². The minimum absolute atomic E-state index is 0.119. The van der Waals surface area contributed by atoms with Gasteiger partial charge in [0.1, 0.15) is 5.84 Å². The number of nitrogens with one attached hydrogen (secondary N) is 1. The van der Waals surface area contributed by atoms with E-state index >= 15 is 0 Å². The summed E-state index contributed by atoms with van der Waals surface area (Å²) in [5, 5.41) is 7.77. The number of nitrogen functional groups attached to an aromatic ring is 1. The van der Waals surface area contributed by atoms with E-state index < -0.39 is 0 Å². The van der Waals surface area contributed by atoms with Crippen molar-refractivity contribution < 1.29 is 0 Å². The predicted octanol–water partition coefficient (Wildman–Crippen LogP) is 3.29. The molecule has 0 aliphatic rings. The van der Waals surface area contributed by atoms with E-state index in [-0.39, 0.29) is 5.84 Å². The van der Waals surface area contributed by atoms with Gasteiger partial charge in [0, 0.05) is 28.8 Å². The Balaban J connectivity index is 2.78. The van der Waals surface area contributed by atoms with Gasteiger partial charge in [-0.1, -0.05) is 29.8 Å². The van der Waals surface area contributed by atoms with Gasteiger partial charge in [-0.25, -0.2) is 0 Å². The summed E-state index contributed by atoms with van der Waals surface area (Å²) < 4.78 is 0.954. The van der Waals surface area contributed by atoms with E-state index in [0.29, 0.717) is 0 Å². The highest BCUT2D eigenvalue weighted by atomic mass is 79.9. The van der Waals surface area contributed by atoms with Crippen molar-refractivity contribution in [3.63, 3.8) is 0 Å². The Hall–Kier alpha value is -1.07. The van der Waals surface area contributed by atoms with Crippen LogP contribution in [0.15, 0.2) is 22.7 Å². The molecule has 0 aromatic heterocycles. The molecule has 0 spiro atoms. The number of rotatable bonds is 9. The molecule has 3 N–H and O–H groups in total. The Morgan fingerprint density at radius 2 is 1.81 bits per heavy atom. The Morgan fingerprint density at radius 3 is 2.33 bits per heavy atom. The summed E-state index contributed by atoms with van der Waals surface area (Å²) in [6.07, 6.45) is 1.11. The lowest BCUT2D eigenvalue weighted by Crippen LogP contribution is -2.31. The van der Waals surface area contributed by atoms with E-state index in [0.717, 1.165) is 54.9 Å². The summed E-state index contributed by atoms with van der Waals surface area (Å²) in [5.41, 5.74) is 7.57. The van der Waals surface area contributed by atoms with Crippen LogP contribution in [0.5, 0.6) is 0 Å². The first-order valence-corrected chi connectivity index (χ1v) is 8.43. The van der Waals surface area contributed by atoms with Crippen molar-refractivity contribution in [3.05, 3.63) is 28.2 Å². The van der Waals surface area contributed by atoms with Crippen LogP contribution in [0.4, 0.5) is 5.69 Å².